The highest BCUT2D eigenvalue weighted by Gasteiger charge is 2.12. The second kappa shape index (κ2) is 3.96. The zero-order valence-electron chi connectivity index (χ0n) is 9.61. The van der Waals surface area contributed by atoms with Crippen molar-refractivity contribution in [1.82, 2.24) is 19.9 Å². The first-order chi connectivity index (χ1) is 8.66. The van der Waals surface area contributed by atoms with Gasteiger partial charge in [0, 0.05) is 17.4 Å². The van der Waals surface area contributed by atoms with Gasteiger partial charge in [-0.2, -0.15) is 0 Å². The highest BCUT2D eigenvalue weighted by molar-refractivity contribution is 6.32. The average molecular weight is 260 g/mol. The van der Waals surface area contributed by atoms with Gasteiger partial charge in [-0.3, -0.25) is 0 Å². The molecule has 0 saturated carbocycles. The van der Waals surface area contributed by atoms with E-state index in [2.05, 4.69) is 19.9 Å². The third-order valence-corrected chi connectivity index (χ3v) is 3.20. The Morgan fingerprint density at radius 1 is 1.22 bits per heavy atom. The maximum absolute atomic E-state index is 6.07. The number of nitrogen functional groups attached to an aromatic ring is 1. The van der Waals surface area contributed by atoms with Gasteiger partial charge in [-0.25, -0.2) is 15.0 Å². The summed E-state index contributed by atoms with van der Waals surface area (Å²) in [5.41, 5.74) is 8.98. The summed E-state index contributed by atoms with van der Waals surface area (Å²) in [6.07, 6.45) is 3.13. The molecule has 0 aliphatic rings. The minimum atomic E-state index is 0.348. The van der Waals surface area contributed by atoms with Crippen LogP contribution >= 0.6 is 11.6 Å². The van der Waals surface area contributed by atoms with Gasteiger partial charge in [-0.15, -0.1) is 0 Å². The second-order valence-electron chi connectivity index (χ2n) is 3.94. The van der Waals surface area contributed by atoms with Gasteiger partial charge < -0.3 is 10.7 Å². The van der Waals surface area contributed by atoms with Crippen molar-refractivity contribution in [3.8, 4) is 11.5 Å². The van der Waals surface area contributed by atoms with Gasteiger partial charge >= 0.3 is 0 Å². The van der Waals surface area contributed by atoms with E-state index in [-0.39, 0.29) is 0 Å². The molecule has 0 amide bonds. The summed E-state index contributed by atoms with van der Waals surface area (Å²) in [6, 6.07) is 3.72. The van der Waals surface area contributed by atoms with Gasteiger partial charge in [0.2, 0.25) is 0 Å². The van der Waals surface area contributed by atoms with Crippen molar-refractivity contribution >= 4 is 28.5 Å². The number of H-pyrrole nitrogens is 1. The summed E-state index contributed by atoms with van der Waals surface area (Å²) < 4.78 is 0. The third kappa shape index (κ3) is 1.60. The summed E-state index contributed by atoms with van der Waals surface area (Å²) in [5.74, 6) is 0.946. The quantitative estimate of drug-likeness (QED) is 0.704. The minimum absolute atomic E-state index is 0.348. The van der Waals surface area contributed by atoms with Crippen molar-refractivity contribution in [1.29, 1.82) is 0 Å². The molecule has 3 rings (SSSR count). The van der Waals surface area contributed by atoms with Crippen molar-refractivity contribution in [3.63, 3.8) is 0 Å². The second-order valence-corrected chi connectivity index (χ2v) is 4.35. The topological polar surface area (TPSA) is 80.5 Å². The van der Waals surface area contributed by atoms with E-state index in [0.717, 1.165) is 16.6 Å². The number of benzene rings is 1. The fourth-order valence-corrected chi connectivity index (χ4v) is 1.98. The highest BCUT2D eigenvalue weighted by Crippen LogP contribution is 2.27. The Balaban J connectivity index is 2.26. The van der Waals surface area contributed by atoms with E-state index < -0.39 is 0 Å². The Labute approximate surface area is 108 Å². The number of rotatable bonds is 1. The standard InChI is InChI=1S/C12H10ClN5/c1-6-7(13)2-3-8-9(6)18-12(17-8)10-11(14)16-5-4-15-10/h2-5H,1H3,(H2,14,16)(H,17,18). The predicted molar refractivity (Wildman–Crippen MR) is 71.3 cm³/mol. The van der Waals surface area contributed by atoms with Crippen LogP contribution in [0.4, 0.5) is 5.82 Å². The number of nitrogens with one attached hydrogen (secondary N) is 1. The normalized spacial score (nSPS) is 11.0. The summed E-state index contributed by atoms with van der Waals surface area (Å²) in [4.78, 5) is 15.8. The van der Waals surface area contributed by atoms with Crippen LogP contribution in [-0.2, 0) is 0 Å². The van der Waals surface area contributed by atoms with E-state index >= 15 is 0 Å². The first-order valence-corrected chi connectivity index (χ1v) is 5.76. The Hall–Kier alpha value is -2.14. The Morgan fingerprint density at radius 3 is 2.78 bits per heavy atom. The number of aromatic amines is 1. The minimum Gasteiger partial charge on any atom is -0.382 e. The molecule has 1 aromatic carbocycles. The molecule has 18 heavy (non-hydrogen) atoms. The number of imidazole rings is 1. The van der Waals surface area contributed by atoms with Crippen molar-refractivity contribution in [3.05, 3.63) is 35.1 Å². The number of halogens is 1. The van der Waals surface area contributed by atoms with E-state index in [4.69, 9.17) is 17.3 Å². The molecule has 0 atom stereocenters. The predicted octanol–water partition coefficient (Wildman–Crippen LogP) is 2.56. The van der Waals surface area contributed by atoms with Crippen LogP contribution in [0.5, 0.6) is 0 Å². The smallest absolute Gasteiger partial charge is 0.161 e. The van der Waals surface area contributed by atoms with Crippen LogP contribution in [0.3, 0.4) is 0 Å². The molecule has 0 radical (unpaired) electrons. The molecular formula is C12H10ClN5. The van der Waals surface area contributed by atoms with Crippen LogP contribution in [0.25, 0.3) is 22.6 Å². The van der Waals surface area contributed by atoms with Crippen LogP contribution in [0.15, 0.2) is 24.5 Å². The van der Waals surface area contributed by atoms with Gasteiger partial charge in [0.15, 0.2) is 11.6 Å². The Morgan fingerprint density at radius 2 is 2.00 bits per heavy atom. The Kier molecular flexibility index (Phi) is 2.41. The average Bonchev–Trinajstić information content (AvgIpc) is 2.79. The largest absolute Gasteiger partial charge is 0.382 e. The monoisotopic (exact) mass is 259 g/mol. The molecule has 5 nitrogen and oxygen atoms in total. The number of anilines is 1. The molecule has 0 aliphatic carbocycles. The molecule has 0 saturated heterocycles. The van der Waals surface area contributed by atoms with Gasteiger partial charge in [-0.05, 0) is 24.6 Å². The molecule has 3 N–H and O–H groups in total. The van der Waals surface area contributed by atoms with Crippen molar-refractivity contribution in [2.75, 3.05) is 5.73 Å². The number of hydrogen-bond acceptors (Lipinski definition) is 4. The van der Waals surface area contributed by atoms with Crippen molar-refractivity contribution in [2.45, 2.75) is 6.92 Å². The molecule has 3 aromatic rings. The molecule has 2 heterocycles. The number of aryl methyl sites for hydroxylation is 1. The van der Waals surface area contributed by atoms with E-state index in [9.17, 15) is 0 Å². The molecule has 2 aromatic heterocycles. The van der Waals surface area contributed by atoms with Crippen LogP contribution in [0.1, 0.15) is 5.56 Å². The number of nitrogens with zero attached hydrogens (tertiary/aromatic N) is 3. The van der Waals surface area contributed by atoms with E-state index in [0.29, 0.717) is 22.4 Å². The van der Waals surface area contributed by atoms with Crippen LogP contribution < -0.4 is 5.73 Å². The van der Waals surface area contributed by atoms with E-state index in [1.165, 1.54) is 0 Å². The van der Waals surface area contributed by atoms with Crippen LogP contribution in [-0.4, -0.2) is 19.9 Å². The van der Waals surface area contributed by atoms with Gasteiger partial charge in [0.25, 0.3) is 0 Å². The lowest BCUT2D eigenvalue weighted by Gasteiger charge is -1.97. The van der Waals surface area contributed by atoms with E-state index in [1.54, 1.807) is 12.4 Å². The lowest BCUT2D eigenvalue weighted by atomic mass is 10.2. The van der Waals surface area contributed by atoms with Crippen molar-refractivity contribution in [2.24, 2.45) is 0 Å². The molecule has 0 bridgehead atoms. The first-order valence-electron chi connectivity index (χ1n) is 5.38. The molecule has 90 valence electrons. The molecule has 0 fully saturated rings. The first kappa shape index (κ1) is 11.0. The number of aromatic nitrogens is 4. The van der Waals surface area contributed by atoms with Gasteiger partial charge in [-0.1, -0.05) is 11.6 Å². The number of fused-ring (bicyclic) bond motifs is 1. The fourth-order valence-electron chi connectivity index (χ4n) is 1.83. The van der Waals surface area contributed by atoms with E-state index in [1.807, 2.05) is 19.1 Å². The summed E-state index contributed by atoms with van der Waals surface area (Å²) >= 11 is 6.07. The summed E-state index contributed by atoms with van der Waals surface area (Å²) in [6.45, 7) is 1.93. The van der Waals surface area contributed by atoms with Gasteiger partial charge in [0.1, 0.15) is 5.69 Å². The maximum atomic E-state index is 6.07. The maximum Gasteiger partial charge on any atom is 0.161 e. The lowest BCUT2D eigenvalue weighted by Crippen LogP contribution is -1.96. The van der Waals surface area contributed by atoms with Crippen molar-refractivity contribution < 1.29 is 0 Å². The highest BCUT2D eigenvalue weighted by atomic mass is 35.5. The summed E-state index contributed by atoms with van der Waals surface area (Å²) in [7, 11) is 0. The molecule has 0 spiro atoms. The number of hydrogen-bond donors (Lipinski definition) is 2. The van der Waals surface area contributed by atoms with Gasteiger partial charge in [0.05, 0.1) is 11.0 Å². The Bertz CT molecular complexity index is 734. The zero-order chi connectivity index (χ0) is 12.7. The fraction of sp³-hybridized carbons (Fsp3) is 0.0833. The summed E-state index contributed by atoms with van der Waals surface area (Å²) in [5, 5.41) is 0.688. The third-order valence-electron chi connectivity index (χ3n) is 2.79. The molecule has 0 unspecified atom stereocenters. The zero-order valence-corrected chi connectivity index (χ0v) is 10.4. The SMILES string of the molecule is Cc1c(Cl)ccc2[nH]c(-c3nccnc3N)nc12. The molecule has 6 heteroatoms. The van der Waals surface area contributed by atoms with Crippen LogP contribution in [0.2, 0.25) is 5.02 Å². The number of nitrogens with two attached hydrogens (primary N) is 1. The molecular weight excluding hydrogens is 250 g/mol. The van der Waals surface area contributed by atoms with Crippen LogP contribution in [0, 0.1) is 6.92 Å². The lowest BCUT2D eigenvalue weighted by molar-refractivity contribution is 1.17. The molecule has 0 aliphatic heterocycles.